The van der Waals surface area contributed by atoms with E-state index in [9.17, 15) is 0 Å². The topological polar surface area (TPSA) is 55.8 Å². The third kappa shape index (κ3) is 6.49. The van der Waals surface area contributed by atoms with E-state index in [-0.39, 0.29) is 24.0 Å². The van der Waals surface area contributed by atoms with Crippen LogP contribution in [0.5, 0.6) is 0 Å². The second kappa shape index (κ2) is 11.1. The Labute approximate surface area is 187 Å². The zero-order valence-electron chi connectivity index (χ0n) is 16.1. The standard InChI is InChI=1S/C18H28N6S2.HI/c1-4-19-17(20-12-15-13-26-18(22-15)23(2)3)21-14-7-9-24(10-8-14)16-6-5-11-25-16;/h5-6,11,13-14H,4,7-10,12H2,1-3H3,(H2,19,20,21);1H. The maximum absolute atomic E-state index is 4.73. The molecule has 6 nitrogen and oxygen atoms in total. The molecule has 0 amide bonds. The van der Waals surface area contributed by atoms with E-state index in [1.54, 1.807) is 11.3 Å². The van der Waals surface area contributed by atoms with Crippen LogP contribution in [0.2, 0.25) is 0 Å². The van der Waals surface area contributed by atoms with Crippen molar-refractivity contribution in [1.82, 2.24) is 15.6 Å². The van der Waals surface area contributed by atoms with Crippen molar-refractivity contribution < 1.29 is 0 Å². The average molecular weight is 521 g/mol. The lowest BCUT2D eigenvalue weighted by Gasteiger charge is -2.33. The number of anilines is 2. The normalized spacial score (nSPS) is 15.4. The van der Waals surface area contributed by atoms with Gasteiger partial charge in [0, 0.05) is 45.2 Å². The fourth-order valence-electron chi connectivity index (χ4n) is 2.94. The Morgan fingerprint density at radius 1 is 1.33 bits per heavy atom. The zero-order valence-corrected chi connectivity index (χ0v) is 20.1. The fraction of sp³-hybridized carbons (Fsp3) is 0.556. The second-order valence-electron chi connectivity index (χ2n) is 6.57. The molecule has 1 aliphatic rings. The van der Waals surface area contributed by atoms with Gasteiger partial charge in [0.15, 0.2) is 11.1 Å². The number of thiazole rings is 1. The first kappa shape index (κ1) is 22.2. The van der Waals surface area contributed by atoms with Crippen LogP contribution in [0.4, 0.5) is 10.1 Å². The van der Waals surface area contributed by atoms with Crippen LogP contribution < -0.4 is 20.4 Å². The van der Waals surface area contributed by atoms with E-state index >= 15 is 0 Å². The van der Waals surface area contributed by atoms with E-state index in [0.717, 1.165) is 49.3 Å². The summed E-state index contributed by atoms with van der Waals surface area (Å²) >= 11 is 3.48. The van der Waals surface area contributed by atoms with Crippen molar-refractivity contribution in [3.05, 3.63) is 28.6 Å². The monoisotopic (exact) mass is 520 g/mol. The van der Waals surface area contributed by atoms with Gasteiger partial charge in [0.2, 0.25) is 0 Å². The van der Waals surface area contributed by atoms with Gasteiger partial charge in [0.1, 0.15) is 0 Å². The Balaban J connectivity index is 0.00000261. The molecule has 27 heavy (non-hydrogen) atoms. The average Bonchev–Trinajstić information content (AvgIpc) is 3.32. The van der Waals surface area contributed by atoms with E-state index in [1.165, 1.54) is 5.00 Å². The van der Waals surface area contributed by atoms with Crippen LogP contribution in [-0.2, 0) is 6.54 Å². The van der Waals surface area contributed by atoms with Gasteiger partial charge in [0.05, 0.1) is 17.2 Å². The molecule has 0 saturated carbocycles. The van der Waals surface area contributed by atoms with Crippen molar-refractivity contribution in [2.45, 2.75) is 32.4 Å². The van der Waals surface area contributed by atoms with Gasteiger partial charge in [-0.3, -0.25) is 0 Å². The van der Waals surface area contributed by atoms with Crippen LogP contribution in [-0.4, -0.2) is 50.7 Å². The molecule has 3 heterocycles. The molecule has 0 bridgehead atoms. The van der Waals surface area contributed by atoms with E-state index in [4.69, 9.17) is 4.99 Å². The fourth-order valence-corrected chi connectivity index (χ4v) is 4.48. The number of halogens is 1. The smallest absolute Gasteiger partial charge is 0.191 e. The number of piperidine rings is 1. The zero-order chi connectivity index (χ0) is 18.4. The summed E-state index contributed by atoms with van der Waals surface area (Å²) in [6.07, 6.45) is 2.26. The van der Waals surface area contributed by atoms with E-state index in [2.05, 4.69) is 50.3 Å². The molecule has 9 heteroatoms. The van der Waals surface area contributed by atoms with Crippen molar-refractivity contribution in [3.63, 3.8) is 0 Å². The summed E-state index contributed by atoms with van der Waals surface area (Å²) in [4.78, 5) is 13.8. The van der Waals surface area contributed by atoms with Crippen molar-refractivity contribution in [3.8, 4) is 0 Å². The number of hydrogen-bond donors (Lipinski definition) is 2. The molecule has 2 aromatic rings. The molecule has 0 radical (unpaired) electrons. The predicted molar refractivity (Wildman–Crippen MR) is 129 cm³/mol. The Morgan fingerprint density at radius 3 is 2.70 bits per heavy atom. The number of nitrogens with one attached hydrogen (secondary N) is 2. The predicted octanol–water partition coefficient (Wildman–Crippen LogP) is 3.61. The maximum atomic E-state index is 4.73. The molecular weight excluding hydrogens is 491 g/mol. The van der Waals surface area contributed by atoms with Gasteiger partial charge < -0.3 is 20.4 Å². The van der Waals surface area contributed by atoms with Crippen molar-refractivity contribution in [1.29, 1.82) is 0 Å². The number of aliphatic imine (C=N–C) groups is 1. The lowest BCUT2D eigenvalue weighted by molar-refractivity contribution is 0.463. The van der Waals surface area contributed by atoms with E-state index in [1.807, 2.05) is 30.3 Å². The molecule has 2 aromatic heterocycles. The van der Waals surface area contributed by atoms with Gasteiger partial charge in [-0.05, 0) is 37.3 Å². The molecule has 0 spiro atoms. The molecular formula is C18H29IN6S2. The Bertz CT molecular complexity index is 693. The molecule has 2 N–H and O–H groups in total. The number of aromatic nitrogens is 1. The highest BCUT2D eigenvalue weighted by molar-refractivity contribution is 14.0. The second-order valence-corrected chi connectivity index (χ2v) is 8.33. The van der Waals surface area contributed by atoms with Crippen LogP contribution in [0.25, 0.3) is 0 Å². The van der Waals surface area contributed by atoms with Gasteiger partial charge in [-0.1, -0.05) is 0 Å². The highest BCUT2D eigenvalue weighted by Crippen LogP contribution is 2.24. The van der Waals surface area contributed by atoms with Crippen LogP contribution in [0.15, 0.2) is 27.9 Å². The third-order valence-corrected chi connectivity index (χ3v) is 6.31. The van der Waals surface area contributed by atoms with Gasteiger partial charge in [0.25, 0.3) is 0 Å². The SMILES string of the molecule is CCNC(=NCc1csc(N(C)C)n1)NC1CCN(c2cccs2)CC1.I. The molecule has 150 valence electrons. The van der Waals surface area contributed by atoms with Crippen LogP contribution >= 0.6 is 46.7 Å². The Hall–Kier alpha value is -1.07. The third-order valence-electron chi connectivity index (χ3n) is 4.32. The van der Waals surface area contributed by atoms with Gasteiger partial charge in [-0.25, -0.2) is 9.98 Å². The largest absolute Gasteiger partial charge is 0.363 e. The summed E-state index contributed by atoms with van der Waals surface area (Å²) in [7, 11) is 4.03. The van der Waals surface area contributed by atoms with Crippen molar-refractivity contribution in [2.75, 3.05) is 43.5 Å². The Morgan fingerprint density at radius 2 is 2.11 bits per heavy atom. The minimum Gasteiger partial charge on any atom is -0.363 e. The number of nitrogens with zero attached hydrogens (tertiary/aromatic N) is 4. The molecule has 1 fully saturated rings. The minimum absolute atomic E-state index is 0. The lowest BCUT2D eigenvalue weighted by atomic mass is 10.1. The quantitative estimate of drug-likeness (QED) is 0.346. The lowest BCUT2D eigenvalue weighted by Crippen LogP contribution is -2.48. The summed E-state index contributed by atoms with van der Waals surface area (Å²) in [6.45, 7) is 5.75. The highest BCUT2D eigenvalue weighted by atomic mass is 127. The van der Waals surface area contributed by atoms with Gasteiger partial charge >= 0.3 is 0 Å². The molecule has 3 rings (SSSR count). The van der Waals surface area contributed by atoms with Gasteiger partial charge in [-0.15, -0.1) is 46.7 Å². The summed E-state index contributed by atoms with van der Waals surface area (Å²) in [5.74, 6) is 0.890. The molecule has 0 unspecified atom stereocenters. The molecule has 1 aliphatic heterocycles. The first-order valence-electron chi connectivity index (χ1n) is 9.10. The molecule has 0 aliphatic carbocycles. The highest BCUT2D eigenvalue weighted by Gasteiger charge is 2.20. The summed E-state index contributed by atoms with van der Waals surface area (Å²) in [5.41, 5.74) is 1.02. The molecule has 0 aromatic carbocycles. The molecule has 0 atom stereocenters. The van der Waals surface area contributed by atoms with Crippen LogP contribution in [0, 0.1) is 0 Å². The van der Waals surface area contributed by atoms with Crippen LogP contribution in [0.1, 0.15) is 25.5 Å². The summed E-state index contributed by atoms with van der Waals surface area (Å²) in [6, 6.07) is 4.80. The number of thiophene rings is 1. The van der Waals surface area contributed by atoms with Crippen molar-refractivity contribution in [2.24, 2.45) is 4.99 Å². The van der Waals surface area contributed by atoms with Crippen molar-refractivity contribution >= 4 is 62.7 Å². The number of rotatable bonds is 6. The Kier molecular flexibility index (Phi) is 9.10. The number of hydrogen-bond acceptors (Lipinski definition) is 6. The van der Waals surface area contributed by atoms with E-state index in [0.29, 0.717) is 12.6 Å². The van der Waals surface area contributed by atoms with Crippen LogP contribution in [0.3, 0.4) is 0 Å². The summed E-state index contributed by atoms with van der Waals surface area (Å²) in [5, 5.41) is 13.6. The van der Waals surface area contributed by atoms with E-state index < -0.39 is 0 Å². The number of guanidine groups is 1. The first-order chi connectivity index (χ1) is 12.7. The molecule has 1 saturated heterocycles. The maximum Gasteiger partial charge on any atom is 0.191 e. The van der Waals surface area contributed by atoms with Gasteiger partial charge in [-0.2, -0.15) is 0 Å². The minimum atomic E-state index is 0. The summed E-state index contributed by atoms with van der Waals surface area (Å²) < 4.78 is 0. The first-order valence-corrected chi connectivity index (χ1v) is 10.9.